The highest BCUT2D eigenvalue weighted by atomic mass is 32.2. The first-order valence-electron chi connectivity index (χ1n) is 11.6. The quantitative estimate of drug-likeness (QED) is 0.114. The third-order valence-corrected chi connectivity index (χ3v) is 5.89. The van der Waals surface area contributed by atoms with Gasteiger partial charge in [-0.2, -0.15) is 0 Å². The Morgan fingerprint density at radius 3 is 2.47 bits per heavy atom. The molecule has 9 nitrogen and oxygen atoms in total. The molecular weight excluding hydrogens is 506 g/mol. The number of carbonyl (C=O) groups is 3. The molecule has 0 saturated heterocycles. The summed E-state index contributed by atoms with van der Waals surface area (Å²) in [5, 5.41) is 16.8. The third kappa shape index (κ3) is 8.45. The number of rotatable bonds is 11. The monoisotopic (exact) mass is 531 g/mol. The van der Waals surface area contributed by atoms with E-state index in [1.165, 1.54) is 42.1 Å². The molecule has 194 valence electrons. The van der Waals surface area contributed by atoms with Crippen molar-refractivity contribution in [3.05, 3.63) is 118 Å². The van der Waals surface area contributed by atoms with Crippen LogP contribution in [0.3, 0.4) is 0 Å². The first kappa shape index (κ1) is 27.9. The standard InChI is InChI=1S/C28H25N3O6S/c1-2-37-26(32)16-9-17-38-23-14-8-13-22(19-23)29-28(34)24(30-27(33)20-10-4-3-5-11-20)18-21-12-6-7-15-25(21)31(35)36/h3-16,18-19H,2,17H2,1H3,(H,29,34)(H,30,33)/b16-9+,24-18+. The third-order valence-electron chi connectivity index (χ3n) is 4.94. The molecular formula is C28H25N3O6S. The molecule has 0 atom stereocenters. The van der Waals surface area contributed by atoms with Gasteiger partial charge in [0.1, 0.15) is 5.70 Å². The van der Waals surface area contributed by atoms with Crippen molar-refractivity contribution in [2.45, 2.75) is 11.8 Å². The zero-order valence-electron chi connectivity index (χ0n) is 20.5. The zero-order valence-corrected chi connectivity index (χ0v) is 21.3. The van der Waals surface area contributed by atoms with E-state index in [4.69, 9.17) is 4.74 Å². The molecule has 10 heteroatoms. The van der Waals surface area contributed by atoms with Gasteiger partial charge in [0.15, 0.2) is 0 Å². The number of para-hydroxylation sites is 1. The Morgan fingerprint density at radius 2 is 1.74 bits per heavy atom. The second-order valence-corrected chi connectivity index (χ2v) is 8.73. The number of thioether (sulfide) groups is 1. The molecule has 38 heavy (non-hydrogen) atoms. The first-order chi connectivity index (χ1) is 18.4. The molecule has 2 N–H and O–H groups in total. The number of amides is 2. The van der Waals surface area contributed by atoms with Gasteiger partial charge in [-0.3, -0.25) is 19.7 Å². The van der Waals surface area contributed by atoms with Crippen LogP contribution in [0.2, 0.25) is 0 Å². The van der Waals surface area contributed by atoms with E-state index in [0.29, 0.717) is 23.6 Å². The molecule has 0 aliphatic heterocycles. The Kier molecular flexibility index (Phi) is 10.4. The second kappa shape index (κ2) is 14.1. The topological polar surface area (TPSA) is 128 Å². The van der Waals surface area contributed by atoms with Gasteiger partial charge in [-0.05, 0) is 49.4 Å². The van der Waals surface area contributed by atoms with Gasteiger partial charge in [0.05, 0.1) is 17.1 Å². The number of nitrogens with zero attached hydrogens (tertiary/aromatic N) is 1. The van der Waals surface area contributed by atoms with Crippen LogP contribution < -0.4 is 10.6 Å². The molecule has 0 unspecified atom stereocenters. The fraction of sp³-hybridized carbons (Fsp3) is 0.107. The van der Waals surface area contributed by atoms with E-state index in [-0.39, 0.29) is 16.9 Å². The first-order valence-corrected chi connectivity index (χ1v) is 12.5. The Morgan fingerprint density at radius 1 is 1.00 bits per heavy atom. The van der Waals surface area contributed by atoms with Crippen molar-refractivity contribution < 1.29 is 24.0 Å². The van der Waals surface area contributed by atoms with E-state index in [1.807, 2.05) is 6.07 Å². The molecule has 0 radical (unpaired) electrons. The summed E-state index contributed by atoms with van der Waals surface area (Å²) in [5.74, 6) is -1.10. The number of anilines is 1. The maximum Gasteiger partial charge on any atom is 0.330 e. The van der Waals surface area contributed by atoms with Crippen molar-refractivity contribution in [2.24, 2.45) is 0 Å². The lowest BCUT2D eigenvalue weighted by Gasteiger charge is -2.12. The second-order valence-electron chi connectivity index (χ2n) is 7.64. The van der Waals surface area contributed by atoms with E-state index < -0.39 is 22.7 Å². The average Bonchev–Trinajstić information content (AvgIpc) is 2.91. The number of nitro benzene ring substituents is 1. The minimum Gasteiger partial charge on any atom is -0.463 e. The smallest absolute Gasteiger partial charge is 0.330 e. The predicted molar refractivity (Wildman–Crippen MR) is 147 cm³/mol. The lowest BCUT2D eigenvalue weighted by molar-refractivity contribution is -0.385. The Balaban J connectivity index is 1.81. The van der Waals surface area contributed by atoms with Crippen LogP contribution in [0.4, 0.5) is 11.4 Å². The summed E-state index contributed by atoms with van der Waals surface area (Å²) in [4.78, 5) is 49.2. The van der Waals surface area contributed by atoms with Crippen LogP contribution >= 0.6 is 11.8 Å². The highest BCUT2D eigenvalue weighted by Crippen LogP contribution is 2.23. The molecule has 0 spiro atoms. The van der Waals surface area contributed by atoms with E-state index in [9.17, 15) is 24.5 Å². The highest BCUT2D eigenvalue weighted by Gasteiger charge is 2.18. The van der Waals surface area contributed by atoms with Crippen LogP contribution in [0.5, 0.6) is 0 Å². The Bertz CT molecular complexity index is 1370. The number of ether oxygens (including phenoxy) is 1. The van der Waals surface area contributed by atoms with Crippen LogP contribution in [0.15, 0.2) is 102 Å². The predicted octanol–water partition coefficient (Wildman–Crippen LogP) is 5.22. The van der Waals surface area contributed by atoms with Gasteiger partial charge < -0.3 is 15.4 Å². The fourth-order valence-electron chi connectivity index (χ4n) is 3.21. The molecule has 0 fully saturated rings. The molecule has 2 amide bonds. The summed E-state index contributed by atoms with van der Waals surface area (Å²) in [6.07, 6.45) is 4.31. The van der Waals surface area contributed by atoms with Crippen molar-refractivity contribution >= 4 is 47.0 Å². The number of benzene rings is 3. The number of hydrogen-bond donors (Lipinski definition) is 2. The maximum absolute atomic E-state index is 13.2. The van der Waals surface area contributed by atoms with E-state index in [1.54, 1.807) is 67.6 Å². The summed E-state index contributed by atoms with van der Waals surface area (Å²) >= 11 is 1.44. The van der Waals surface area contributed by atoms with Gasteiger partial charge in [-0.1, -0.05) is 42.5 Å². The van der Waals surface area contributed by atoms with Gasteiger partial charge in [-0.15, -0.1) is 11.8 Å². The van der Waals surface area contributed by atoms with Crippen LogP contribution in [-0.4, -0.2) is 35.1 Å². The van der Waals surface area contributed by atoms with Crippen molar-refractivity contribution in [3.63, 3.8) is 0 Å². The molecule has 0 aliphatic rings. The maximum atomic E-state index is 13.2. The van der Waals surface area contributed by atoms with Gasteiger partial charge in [0, 0.05) is 34.0 Å². The summed E-state index contributed by atoms with van der Waals surface area (Å²) < 4.78 is 4.84. The SMILES string of the molecule is CCOC(=O)/C=C/CSc1cccc(NC(=O)/C(=C\c2ccccc2[N+](=O)[O-])NC(=O)c2ccccc2)c1. The van der Waals surface area contributed by atoms with Crippen molar-refractivity contribution in [3.8, 4) is 0 Å². The van der Waals surface area contributed by atoms with Crippen LogP contribution in [-0.2, 0) is 14.3 Å². The van der Waals surface area contributed by atoms with Gasteiger partial charge >= 0.3 is 5.97 Å². The summed E-state index contributed by atoms with van der Waals surface area (Å²) in [7, 11) is 0. The zero-order chi connectivity index (χ0) is 27.3. The molecule has 3 aromatic rings. The lowest BCUT2D eigenvalue weighted by atomic mass is 10.1. The van der Waals surface area contributed by atoms with Crippen LogP contribution in [0, 0.1) is 10.1 Å². The number of nitrogens with one attached hydrogen (secondary N) is 2. The molecule has 3 aromatic carbocycles. The highest BCUT2D eigenvalue weighted by molar-refractivity contribution is 7.99. The molecule has 0 bridgehead atoms. The molecule has 3 rings (SSSR count). The van der Waals surface area contributed by atoms with E-state index in [2.05, 4.69) is 10.6 Å². The van der Waals surface area contributed by atoms with Gasteiger partial charge in [0.2, 0.25) is 0 Å². The normalized spacial score (nSPS) is 11.1. The average molecular weight is 532 g/mol. The molecule has 0 heterocycles. The van der Waals surface area contributed by atoms with Gasteiger partial charge in [-0.25, -0.2) is 4.79 Å². The van der Waals surface area contributed by atoms with E-state index in [0.717, 1.165) is 4.90 Å². The van der Waals surface area contributed by atoms with Gasteiger partial charge in [0.25, 0.3) is 17.5 Å². The number of carbonyl (C=O) groups excluding carboxylic acids is 3. The minimum absolute atomic E-state index is 0.161. The lowest BCUT2D eigenvalue weighted by Crippen LogP contribution is -2.30. The fourth-order valence-corrected chi connectivity index (χ4v) is 3.98. The molecule has 0 aliphatic carbocycles. The summed E-state index contributed by atoms with van der Waals surface area (Å²) in [6.45, 7) is 2.03. The Hall–Kier alpha value is -4.70. The molecule has 0 saturated carbocycles. The number of esters is 1. The summed E-state index contributed by atoms with van der Waals surface area (Å²) in [5.41, 5.74) is 0.568. The minimum atomic E-state index is -0.656. The van der Waals surface area contributed by atoms with E-state index >= 15 is 0 Å². The van der Waals surface area contributed by atoms with Crippen molar-refractivity contribution in [1.29, 1.82) is 0 Å². The van der Waals surface area contributed by atoms with Crippen LogP contribution in [0.25, 0.3) is 6.08 Å². The number of hydrogen-bond acceptors (Lipinski definition) is 7. The van der Waals surface area contributed by atoms with Crippen molar-refractivity contribution in [2.75, 3.05) is 17.7 Å². The molecule has 0 aromatic heterocycles. The van der Waals surface area contributed by atoms with Crippen LogP contribution in [0.1, 0.15) is 22.8 Å². The Labute approximate surface area is 223 Å². The number of nitro groups is 1. The summed E-state index contributed by atoms with van der Waals surface area (Å²) in [6, 6.07) is 21.2. The van der Waals surface area contributed by atoms with Crippen molar-refractivity contribution in [1.82, 2.24) is 5.32 Å². The largest absolute Gasteiger partial charge is 0.463 e.